The van der Waals surface area contributed by atoms with Crippen LogP contribution in [0, 0.1) is 6.57 Å². The summed E-state index contributed by atoms with van der Waals surface area (Å²) in [6, 6.07) is 4.36. The monoisotopic (exact) mass is 149 g/mol. The molecule has 0 radical (unpaired) electrons. The van der Waals surface area contributed by atoms with Crippen LogP contribution in [0.4, 0.5) is 0 Å². The van der Waals surface area contributed by atoms with Crippen molar-refractivity contribution < 1.29 is 10.2 Å². The van der Waals surface area contributed by atoms with Crippen LogP contribution in [-0.4, -0.2) is 10.2 Å². The van der Waals surface area contributed by atoms with Crippen molar-refractivity contribution in [2.45, 2.75) is 6.54 Å². The molecule has 0 fully saturated rings. The molecule has 3 nitrogen and oxygen atoms in total. The molecule has 2 N–H and O–H groups in total. The van der Waals surface area contributed by atoms with Crippen molar-refractivity contribution in [2.24, 2.45) is 0 Å². The number of rotatable bonds is 1. The van der Waals surface area contributed by atoms with Crippen LogP contribution in [0.5, 0.6) is 11.5 Å². The Kier molecular flexibility index (Phi) is 1.98. The predicted molar refractivity (Wildman–Crippen MR) is 40.1 cm³/mol. The Bertz CT molecular complexity index is 301. The zero-order chi connectivity index (χ0) is 8.27. The lowest BCUT2D eigenvalue weighted by atomic mass is 10.2. The summed E-state index contributed by atoms with van der Waals surface area (Å²) < 4.78 is 0. The molecule has 11 heavy (non-hydrogen) atoms. The van der Waals surface area contributed by atoms with E-state index in [0.717, 1.165) is 0 Å². The van der Waals surface area contributed by atoms with Gasteiger partial charge in [0.15, 0.2) is 11.5 Å². The van der Waals surface area contributed by atoms with Crippen molar-refractivity contribution in [2.75, 3.05) is 0 Å². The third-order valence-electron chi connectivity index (χ3n) is 1.30. The lowest BCUT2D eigenvalue weighted by Crippen LogP contribution is -1.77. The van der Waals surface area contributed by atoms with E-state index in [4.69, 9.17) is 16.8 Å². The SMILES string of the molecule is [C-]#[N+]Cc1ccc(O)c(O)c1. The topological polar surface area (TPSA) is 44.8 Å². The van der Waals surface area contributed by atoms with Gasteiger partial charge in [0.2, 0.25) is 6.54 Å². The molecule has 0 aliphatic heterocycles. The summed E-state index contributed by atoms with van der Waals surface area (Å²) in [4.78, 5) is 3.13. The van der Waals surface area contributed by atoms with Crippen LogP contribution in [0.2, 0.25) is 0 Å². The summed E-state index contributed by atoms with van der Waals surface area (Å²) in [6.45, 7) is 6.78. The van der Waals surface area contributed by atoms with Crippen LogP contribution in [0.25, 0.3) is 4.85 Å². The van der Waals surface area contributed by atoms with Gasteiger partial charge in [0.05, 0.1) is 0 Å². The van der Waals surface area contributed by atoms with Crippen LogP contribution in [0.15, 0.2) is 18.2 Å². The maximum absolute atomic E-state index is 8.97. The van der Waals surface area contributed by atoms with E-state index in [1.807, 2.05) is 0 Å². The highest BCUT2D eigenvalue weighted by atomic mass is 16.3. The Morgan fingerprint density at radius 2 is 2.00 bits per heavy atom. The van der Waals surface area contributed by atoms with Gasteiger partial charge < -0.3 is 15.1 Å². The van der Waals surface area contributed by atoms with Gasteiger partial charge in [-0.05, 0) is 18.2 Å². The van der Waals surface area contributed by atoms with Crippen LogP contribution in [0.1, 0.15) is 5.56 Å². The fourth-order valence-corrected chi connectivity index (χ4v) is 0.759. The first-order valence-electron chi connectivity index (χ1n) is 3.08. The summed E-state index contributed by atoms with van der Waals surface area (Å²) in [5.74, 6) is -0.329. The van der Waals surface area contributed by atoms with E-state index in [9.17, 15) is 0 Å². The molecule has 0 heterocycles. The normalized spacial score (nSPS) is 9.00. The quantitative estimate of drug-likeness (QED) is 0.469. The average molecular weight is 149 g/mol. The van der Waals surface area contributed by atoms with E-state index >= 15 is 0 Å². The van der Waals surface area contributed by atoms with Crippen molar-refractivity contribution in [3.8, 4) is 11.5 Å². The van der Waals surface area contributed by atoms with Gasteiger partial charge in [0.25, 0.3) is 0 Å². The molecule has 3 heteroatoms. The molecule has 0 aromatic heterocycles. The highest BCUT2D eigenvalue weighted by molar-refractivity contribution is 5.40. The predicted octanol–water partition coefficient (Wildman–Crippen LogP) is 1.52. The molecule has 0 saturated carbocycles. The van der Waals surface area contributed by atoms with E-state index in [1.165, 1.54) is 12.1 Å². The van der Waals surface area contributed by atoms with Crippen LogP contribution < -0.4 is 0 Å². The zero-order valence-electron chi connectivity index (χ0n) is 5.78. The smallest absolute Gasteiger partial charge is 0.239 e. The highest BCUT2D eigenvalue weighted by Crippen LogP contribution is 2.24. The second-order valence-electron chi connectivity index (χ2n) is 2.14. The molecule has 0 aliphatic rings. The van der Waals surface area contributed by atoms with E-state index in [-0.39, 0.29) is 18.0 Å². The standard InChI is InChI=1S/C8H7NO2/c1-9-5-6-2-3-7(10)8(11)4-6/h2-4,10-11H,5H2. The minimum atomic E-state index is -0.175. The maximum atomic E-state index is 8.97. The average Bonchev–Trinajstić information content (AvgIpc) is 1.98. The number of benzene rings is 1. The van der Waals surface area contributed by atoms with Gasteiger partial charge in [-0.15, -0.1) is 0 Å². The first-order chi connectivity index (χ1) is 5.24. The second-order valence-corrected chi connectivity index (χ2v) is 2.14. The summed E-state index contributed by atoms with van der Waals surface area (Å²) in [6.07, 6.45) is 0. The number of hydrogen-bond acceptors (Lipinski definition) is 2. The van der Waals surface area contributed by atoms with Gasteiger partial charge in [-0.3, -0.25) is 0 Å². The van der Waals surface area contributed by atoms with E-state index in [0.29, 0.717) is 5.56 Å². The molecule has 56 valence electrons. The third kappa shape index (κ3) is 1.62. The molecule has 0 bridgehead atoms. The van der Waals surface area contributed by atoms with E-state index in [2.05, 4.69) is 4.85 Å². The first-order valence-corrected chi connectivity index (χ1v) is 3.08. The number of phenolic OH excluding ortho intramolecular Hbond substituents is 2. The van der Waals surface area contributed by atoms with Crippen LogP contribution >= 0.6 is 0 Å². The molecule has 0 unspecified atom stereocenters. The van der Waals surface area contributed by atoms with Crippen molar-refractivity contribution in [3.63, 3.8) is 0 Å². The third-order valence-corrected chi connectivity index (χ3v) is 1.30. The number of hydrogen-bond donors (Lipinski definition) is 2. The fraction of sp³-hybridized carbons (Fsp3) is 0.125. The molecular weight excluding hydrogens is 142 g/mol. The number of nitrogens with zero attached hydrogens (tertiary/aromatic N) is 1. The molecule has 0 saturated heterocycles. The largest absolute Gasteiger partial charge is 0.504 e. The van der Waals surface area contributed by atoms with Gasteiger partial charge in [0, 0.05) is 5.56 Å². The minimum Gasteiger partial charge on any atom is -0.504 e. The highest BCUT2D eigenvalue weighted by Gasteiger charge is 2.00. The Morgan fingerprint density at radius 3 is 2.55 bits per heavy atom. The van der Waals surface area contributed by atoms with Crippen LogP contribution in [-0.2, 0) is 6.54 Å². The van der Waals surface area contributed by atoms with Gasteiger partial charge in [-0.1, -0.05) is 0 Å². The van der Waals surface area contributed by atoms with E-state index < -0.39 is 0 Å². The Balaban J connectivity index is 2.98. The fourth-order valence-electron chi connectivity index (χ4n) is 0.759. The lowest BCUT2D eigenvalue weighted by Gasteiger charge is -1.96. The summed E-state index contributed by atoms with van der Waals surface area (Å²) in [7, 11) is 0. The first kappa shape index (κ1) is 7.42. The Hall–Kier alpha value is -1.69. The minimum absolute atomic E-state index is 0.154. The summed E-state index contributed by atoms with van der Waals surface area (Å²) in [5.41, 5.74) is 0.704. The Morgan fingerprint density at radius 1 is 1.27 bits per heavy atom. The zero-order valence-corrected chi connectivity index (χ0v) is 5.78. The molecule has 1 aromatic rings. The summed E-state index contributed by atoms with van der Waals surface area (Å²) in [5, 5.41) is 17.9. The molecule has 1 aromatic carbocycles. The molecule has 0 amide bonds. The van der Waals surface area contributed by atoms with Crippen molar-refractivity contribution >= 4 is 0 Å². The van der Waals surface area contributed by atoms with Gasteiger partial charge in [0.1, 0.15) is 0 Å². The number of phenols is 2. The summed E-state index contributed by atoms with van der Waals surface area (Å²) >= 11 is 0. The molecule has 0 spiro atoms. The molecule has 0 aliphatic carbocycles. The van der Waals surface area contributed by atoms with Crippen molar-refractivity contribution in [3.05, 3.63) is 35.2 Å². The maximum Gasteiger partial charge on any atom is 0.239 e. The molecular formula is C8H7NO2. The van der Waals surface area contributed by atoms with Gasteiger partial charge in [-0.2, -0.15) is 0 Å². The van der Waals surface area contributed by atoms with E-state index in [1.54, 1.807) is 6.07 Å². The number of aromatic hydroxyl groups is 2. The van der Waals surface area contributed by atoms with Crippen molar-refractivity contribution in [1.29, 1.82) is 0 Å². The van der Waals surface area contributed by atoms with Crippen LogP contribution in [0.3, 0.4) is 0 Å². The van der Waals surface area contributed by atoms with Gasteiger partial charge >= 0.3 is 0 Å². The van der Waals surface area contributed by atoms with Gasteiger partial charge in [-0.25, -0.2) is 6.57 Å². The molecule has 1 rings (SSSR count). The second kappa shape index (κ2) is 2.93. The lowest BCUT2D eigenvalue weighted by molar-refractivity contribution is 0.403. The molecule has 0 atom stereocenters. The Labute approximate surface area is 64.4 Å². The van der Waals surface area contributed by atoms with Crippen molar-refractivity contribution in [1.82, 2.24) is 0 Å².